The zero-order chi connectivity index (χ0) is 28.5. The number of esters is 1. The predicted octanol–water partition coefficient (Wildman–Crippen LogP) is 6.33. The van der Waals surface area contributed by atoms with E-state index in [-0.39, 0.29) is 30.4 Å². The summed E-state index contributed by atoms with van der Waals surface area (Å²) in [6, 6.07) is 0. The third-order valence-corrected chi connectivity index (χ3v) is 7.19. The standard InChI is InChI=1S/C27H47O9P/c1-7-9-10-11-12-13-14-15-18-27(20-37(31,32)33,26(30)36-35-25(29)22(5)6)19-17-23(16-8-2)34-24(28)21(3)4/h23H,3,5,7-20H2,1-2,4,6H3,(H2,31,32,33). The van der Waals surface area contributed by atoms with Crippen LogP contribution in [0.4, 0.5) is 0 Å². The van der Waals surface area contributed by atoms with Crippen LogP contribution in [0, 0.1) is 5.41 Å². The highest BCUT2D eigenvalue weighted by Crippen LogP contribution is 2.48. The number of rotatable bonds is 20. The quantitative estimate of drug-likeness (QED) is 0.0448. The van der Waals surface area contributed by atoms with Crippen molar-refractivity contribution >= 4 is 25.5 Å². The molecule has 0 aromatic carbocycles. The monoisotopic (exact) mass is 546 g/mol. The summed E-state index contributed by atoms with van der Waals surface area (Å²) in [5.41, 5.74) is -1.39. The van der Waals surface area contributed by atoms with Crippen molar-refractivity contribution in [3.63, 3.8) is 0 Å². The fourth-order valence-corrected chi connectivity index (χ4v) is 5.29. The molecule has 37 heavy (non-hydrogen) atoms. The molecular weight excluding hydrogens is 499 g/mol. The topological polar surface area (TPSA) is 136 Å². The van der Waals surface area contributed by atoms with Crippen LogP contribution in [0.15, 0.2) is 24.3 Å². The highest BCUT2D eigenvalue weighted by Gasteiger charge is 2.46. The van der Waals surface area contributed by atoms with Gasteiger partial charge in [0.25, 0.3) is 0 Å². The SMILES string of the molecule is C=C(C)C(=O)OOC(=O)C(CCCCCCCCCC)(CCC(CCC)OC(=O)C(=C)C)CP(=O)(O)O. The van der Waals surface area contributed by atoms with Crippen molar-refractivity contribution in [1.29, 1.82) is 0 Å². The summed E-state index contributed by atoms with van der Waals surface area (Å²) in [7, 11) is -4.68. The van der Waals surface area contributed by atoms with E-state index >= 15 is 0 Å². The van der Waals surface area contributed by atoms with Crippen molar-refractivity contribution in [3.8, 4) is 0 Å². The Labute approximate surface area is 222 Å². The van der Waals surface area contributed by atoms with Gasteiger partial charge in [-0.05, 0) is 39.5 Å². The fourth-order valence-electron chi connectivity index (χ4n) is 4.05. The van der Waals surface area contributed by atoms with Gasteiger partial charge >= 0.3 is 25.5 Å². The number of hydrogen-bond donors (Lipinski definition) is 2. The van der Waals surface area contributed by atoms with Crippen LogP contribution in [0.1, 0.15) is 111 Å². The molecule has 0 saturated carbocycles. The maximum atomic E-state index is 13.2. The molecule has 0 aromatic heterocycles. The van der Waals surface area contributed by atoms with Crippen LogP contribution in [0.3, 0.4) is 0 Å². The van der Waals surface area contributed by atoms with Crippen LogP contribution in [-0.2, 0) is 33.5 Å². The van der Waals surface area contributed by atoms with E-state index in [0.717, 1.165) is 32.1 Å². The minimum atomic E-state index is -4.68. The van der Waals surface area contributed by atoms with Gasteiger partial charge in [-0.25, -0.2) is 24.2 Å². The first kappa shape index (κ1) is 35.0. The van der Waals surface area contributed by atoms with Gasteiger partial charge in [-0.3, -0.25) is 4.57 Å². The number of hydrogen-bond acceptors (Lipinski definition) is 7. The van der Waals surface area contributed by atoms with E-state index in [1.807, 2.05) is 6.92 Å². The third-order valence-electron chi connectivity index (χ3n) is 6.17. The second-order valence-electron chi connectivity index (χ2n) is 9.98. The highest BCUT2D eigenvalue weighted by molar-refractivity contribution is 7.51. The summed E-state index contributed by atoms with van der Waals surface area (Å²) in [4.78, 5) is 66.2. The van der Waals surface area contributed by atoms with Crippen LogP contribution in [0.5, 0.6) is 0 Å². The first-order valence-corrected chi connectivity index (χ1v) is 15.1. The maximum Gasteiger partial charge on any atom is 0.381 e. The van der Waals surface area contributed by atoms with Gasteiger partial charge in [0.2, 0.25) is 0 Å². The average molecular weight is 547 g/mol. The van der Waals surface area contributed by atoms with E-state index in [1.165, 1.54) is 26.7 Å². The Morgan fingerprint density at radius 2 is 1.32 bits per heavy atom. The summed E-state index contributed by atoms with van der Waals surface area (Å²) in [5, 5.41) is 0. The lowest BCUT2D eigenvalue weighted by atomic mass is 9.79. The Bertz CT molecular complexity index is 802. The van der Waals surface area contributed by atoms with Gasteiger partial charge in [0, 0.05) is 11.1 Å². The van der Waals surface area contributed by atoms with Gasteiger partial charge in [-0.2, -0.15) is 0 Å². The maximum absolute atomic E-state index is 13.2. The summed E-state index contributed by atoms with van der Waals surface area (Å²) >= 11 is 0. The minimum absolute atomic E-state index is 0.00572. The van der Waals surface area contributed by atoms with Crippen molar-refractivity contribution in [2.45, 2.75) is 117 Å². The van der Waals surface area contributed by atoms with E-state index in [9.17, 15) is 28.7 Å². The van der Waals surface area contributed by atoms with Crippen LogP contribution in [0.25, 0.3) is 0 Å². The molecule has 0 heterocycles. The van der Waals surface area contributed by atoms with Crippen molar-refractivity contribution in [2.24, 2.45) is 5.41 Å². The molecule has 0 spiro atoms. The van der Waals surface area contributed by atoms with Crippen molar-refractivity contribution in [1.82, 2.24) is 0 Å². The Hall–Kier alpha value is -1.96. The van der Waals surface area contributed by atoms with E-state index < -0.39 is 43.2 Å². The molecule has 2 unspecified atom stereocenters. The fraction of sp³-hybridized carbons (Fsp3) is 0.741. The molecule has 0 bridgehead atoms. The normalized spacial score (nSPS) is 13.8. The number of carbonyl (C=O) groups is 3. The largest absolute Gasteiger partial charge is 0.459 e. The summed E-state index contributed by atoms with van der Waals surface area (Å²) in [5.74, 6) is -2.56. The molecule has 0 aromatic rings. The van der Waals surface area contributed by atoms with Crippen LogP contribution < -0.4 is 0 Å². The van der Waals surface area contributed by atoms with E-state index in [0.29, 0.717) is 19.3 Å². The van der Waals surface area contributed by atoms with Crippen molar-refractivity contribution in [3.05, 3.63) is 24.3 Å². The molecule has 10 heteroatoms. The Kier molecular flexibility index (Phi) is 17.3. The molecule has 0 fully saturated rings. The van der Waals surface area contributed by atoms with Crippen LogP contribution in [0.2, 0.25) is 0 Å². The van der Waals surface area contributed by atoms with Gasteiger partial charge in [-0.15, -0.1) is 0 Å². The number of ether oxygens (including phenoxy) is 1. The van der Waals surface area contributed by atoms with Crippen LogP contribution in [-0.4, -0.2) is 40.0 Å². The molecule has 9 nitrogen and oxygen atoms in total. The van der Waals surface area contributed by atoms with E-state index in [4.69, 9.17) is 9.62 Å². The van der Waals surface area contributed by atoms with Gasteiger partial charge in [0.05, 0.1) is 11.6 Å². The third kappa shape index (κ3) is 15.8. The van der Waals surface area contributed by atoms with Gasteiger partial charge < -0.3 is 14.5 Å². The number of carbonyl (C=O) groups excluding carboxylic acids is 3. The smallest absolute Gasteiger partial charge is 0.381 e. The second-order valence-corrected chi connectivity index (χ2v) is 11.6. The predicted molar refractivity (Wildman–Crippen MR) is 142 cm³/mol. The van der Waals surface area contributed by atoms with E-state index in [1.54, 1.807) is 0 Å². The summed E-state index contributed by atoms with van der Waals surface area (Å²) in [6.07, 6.45) is 8.04. The van der Waals surface area contributed by atoms with Gasteiger partial charge in [0.1, 0.15) is 6.10 Å². The molecular formula is C27H47O9P. The highest BCUT2D eigenvalue weighted by atomic mass is 31.2. The first-order chi connectivity index (χ1) is 17.3. The molecule has 0 radical (unpaired) electrons. The molecule has 2 N–H and O–H groups in total. The molecule has 0 aliphatic carbocycles. The molecule has 0 rings (SSSR count). The molecule has 0 amide bonds. The Balaban J connectivity index is 5.71. The molecule has 0 aliphatic heterocycles. The lowest BCUT2D eigenvalue weighted by Gasteiger charge is -2.32. The molecule has 2 atom stereocenters. The Morgan fingerprint density at radius 3 is 1.81 bits per heavy atom. The van der Waals surface area contributed by atoms with Crippen molar-refractivity contribution in [2.75, 3.05) is 6.16 Å². The lowest BCUT2D eigenvalue weighted by molar-refractivity contribution is -0.263. The summed E-state index contributed by atoms with van der Waals surface area (Å²) < 4.78 is 17.6. The van der Waals surface area contributed by atoms with Gasteiger partial charge in [-0.1, -0.05) is 84.8 Å². The molecule has 0 saturated heterocycles. The molecule has 0 aliphatic rings. The second kappa shape index (κ2) is 18.3. The number of unbranched alkanes of at least 4 members (excludes halogenated alkanes) is 7. The first-order valence-electron chi connectivity index (χ1n) is 13.3. The molecule has 214 valence electrons. The zero-order valence-corrected chi connectivity index (χ0v) is 24.0. The van der Waals surface area contributed by atoms with Crippen LogP contribution >= 0.6 is 7.60 Å². The van der Waals surface area contributed by atoms with Crippen molar-refractivity contribution < 1.29 is 43.2 Å². The minimum Gasteiger partial charge on any atom is -0.459 e. The average Bonchev–Trinajstić information content (AvgIpc) is 2.81. The Morgan fingerprint density at radius 1 is 0.784 bits per heavy atom. The van der Waals surface area contributed by atoms with E-state index in [2.05, 4.69) is 25.0 Å². The lowest BCUT2D eigenvalue weighted by Crippen LogP contribution is -2.38. The van der Waals surface area contributed by atoms with Gasteiger partial charge in [0.15, 0.2) is 0 Å². The zero-order valence-electron chi connectivity index (χ0n) is 23.1. The summed E-state index contributed by atoms with van der Waals surface area (Å²) in [6.45, 7) is 14.0.